The molecule has 0 amide bonds. The van der Waals surface area contributed by atoms with E-state index in [1.165, 1.54) is 34.1 Å². The van der Waals surface area contributed by atoms with Crippen molar-refractivity contribution in [3.8, 4) is 11.5 Å². The quantitative estimate of drug-likeness (QED) is 0.0892. The Hall–Kier alpha value is -0.301. The number of para-hydroxylation sites is 1. The predicted molar refractivity (Wildman–Crippen MR) is 123 cm³/mol. The molecule has 36 heavy (non-hydrogen) atoms. The van der Waals surface area contributed by atoms with Gasteiger partial charge in [-0.05, 0) is 23.8 Å². The molecule has 0 saturated heterocycles. The number of phenolic OH excluding ortho intramolecular Hbond substituents is 2. The Morgan fingerprint density at radius 1 is 0.806 bits per heavy atom. The van der Waals surface area contributed by atoms with Crippen LogP contribution in [-0.4, -0.2) is 81.6 Å². The first kappa shape index (κ1) is 35.7. The number of phenols is 2. The van der Waals surface area contributed by atoms with Crippen LogP contribution in [0.15, 0.2) is 42.5 Å². The number of benzene rings is 2. The van der Waals surface area contributed by atoms with E-state index in [2.05, 4.69) is 0 Å². The summed E-state index contributed by atoms with van der Waals surface area (Å²) in [5.41, 5.74) is 1.05. The summed E-state index contributed by atoms with van der Waals surface area (Å²) in [5, 5.41) is 39.6. The van der Waals surface area contributed by atoms with Crippen LogP contribution < -0.4 is 29.6 Å². The Morgan fingerprint density at radius 3 is 1.92 bits per heavy atom. The van der Waals surface area contributed by atoms with Crippen LogP contribution in [0.3, 0.4) is 0 Å². The van der Waals surface area contributed by atoms with Crippen molar-refractivity contribution in [2.24, 2.45) is 0 Å². The maximum absolute atomic E-state index is 11.8. The average molecular weight is 599 g/mol. The second-order valence-electron chi connectivity index (χ2n) is 7.96. The van der Waals surface area contributed by atoms with Crippen molar-refractivity contribution in [2.45, 2.75) is 25.7 Å². The van der Waals surface area contributed by atoms with E-state index in [9.17, 15) is 49.1 Å². The fraction of sp³-hybridized carbons (Fsp3) is 0.400. The summed E-state index contributed by atoms with van der Waals surface area (Å²) in [5.74, 6) is -0.289. The number of aliphatic hydroxyl groups is 2. The maximum Gasteiger partial charge on any atom is 1.00 e. The molecule has 1 unspecified atom stereocenters. The smallest absolute Gasteiger partial charge is 0.508 e. The molecule has 1 atom stereocenters. The van der Waals surface area contributed by atoms with Crippen LogP contribution in [0, 0.1) is 0 Å². The zero-order valence-electron chi connectivity index (χ0n) is 19.6. The molecule has 0 radical (unpaired) electrons. The molecule has 0 spiro atoms. The molecule has 0 aliphatic rings. The third-order valence-electron chi connectivity index (χ3n) is 5.03. The van der Waals surface area contributed by atoms with E-state index in [-0.39, 0.29) is 89.9 Å². The van der Waals surface area contributed by atoms with Gasteiger partial charge in [0.1, 0.15) is 24.1 Å². The van der Waals surface area contributed by atoms with Gasteiger partial charge in [0, 0.05) is 53.9 Å². The molecular weight excluding hydrogens is 569 g/mol. The summed E-state index contributed by atoms with van der Waals surface area (Å²) in [6.45, 7) is -1.51. The average Bonchev–Trinajstić information content (AvgIpc) is 2.72. The molecule has 16 heteroatoms. The summed E-state index contributed by atoms with van der Waals surface area (Å²) in [7, 11) is -9.22. The van der Waals surface area contributed by atoms with Gasteiger partial charge in [0.15, 0.2) is 0 Å². The number of rotatable bonds is 13. The molecule has 0 saturated carbocycles. The SMILES string of the molecule is O=P(O)(O)CN(Cc1ccccc1O)CC(CO)N(Cc1cc(CO)ccc1O)CP(=O)(O)O.[Fe].[Na+]. The van der Waals surface area contributed by atoms with E-state index in [1.807, 2.05) is 0 Å². The number of hydrogen-bond donors (Lipinski definition) is 8. The topological polar surface area (TPSA) is 202 Å². The molecule has 0 fully saturated rings. The molecule has 0 heterocycles. The number of nitrogens with zero attached hydrogens (tertiary/aromatic N) is 2. The third kappa shape index (κ3) is 12.5. The molecule has 0 aliphatic heterocycles. The number of hydrogen-bond acceptors (Lipinski definition) is 8. The van der Waals surface area contributed by atoms with Crippen molar-refractivity contribution < 1.29 is 95.8 Å². The molecular formula is C20H30FeN2NaO10P2+. The molecule has 12 nitrogen and oxygen atoms in total. The van der Waals surface area contributed by atoms with Crippen LogP contribution in [0.2, 0.25) is 0 Å². The summed E-state index contributed by atoms with van der Waals surface area (Å²) in [6.07, 6.45) is -1.53. The minimum Gasteiger partial charge on any atom is -0.508 e. The normalized spacial score (nSPS) is 12.8. The van der Waals surface area contributed by atoms with E-state index in [1.54, 1.807) is 18.2 Å². The fourth-order valence-corrected chi connectivity index (χ4v) is 5.06. The maximum atomic E-state index is 11.8. The Kier molecular flexibility index (Phi) is 15.8. The van der Waals surface area contributed by atoms with Crippen LogP contribution in [0.1, 0.15) is 16.7 Å². The van der Waals surface area contributed by atoms with Crippen molar-refractivity contribution in [3.05, 3.63) is 59.2 Å². The van der Waals surface area contributed by atoms with Crippen LogP contribution in [0.25, 0.3) is 0 Å². The predicted octanol–water partition coefficient (Wildman–Crippen LogP) is -2.47. The summed E-state index contributed by atoms with van der Waals surface area (Å²) >= 11 is 0. The molecule has 198 valence electrons. The van der Waals surface area contributed by atoms with E-state index in [4.69, 9.17) is 0 Å². The van der Waals surface area contributed by atoms with Crippen LogP contribution in [0.5, 0.6) is 11.5 Å². The standard InChI is InChI=1S/C20H30N2O10P2.Fe.Na/c23-11-15-5-6-20(26)17(7-15)9-22(14-34(30,31)32)18(12-24)10-21(13-33(27,28)29)8-16-3-1-2-4-19(16)25;;/h1-7,18,23-26H,8-14H2,(H2,27,28,29)(H2,30,31,32);;/q;;+1. The van der Waals surface area contributed by atoms with Crippen molar-refractivity contribution in [3.63, 3.8) is 0 Å². The number of aromatic hydroxyl groups is 2. The second kappa shape index (κ2) is 16.0. The first-order valence-electron chi connectivity index (χ1n) is 10.2. The Morgan fingerprint density at radius 2 is 1.39 bits per heavy atom. The van der Waals surface area contributed by atoms with Crippen molar-refractivity contribution in [1.29, 1.82) is 0 Å². The van der Waals surface area contributed by atoms with Crippen molar-refractivity contribution >= 4 is 15.2 Å². The van der Waals surface area contributed by atoms with Gasteiger partial charge >= 0.3 is 44.7 Å². The molecule has 8 N–H and O–H groups in total. The van der Waals surface area contributed by atoms with E-state index in [0.717, 1.165) is 0 Å². The van der Waals surface area contributed by atoms with E-state index < -0.39 is 40.4 Å². The van der Waals surface area contributed by atoms with Gasteiger partial charge in [-0.25, -0.2) is 0 Å². The second-order valence-corrected chi connectivity index (χ2v) is 11.2. The largest absolute Gasteiger partial charge is 1.00 e. The van der Waals surface area contributed by atoms with Crippen LogP contribution >= 0.6 is 15.2 Å². The third-order valence-corrected chi connectivity index (χ3v) is 6.53. The van der Waals surface area contributed by atoms with Crippen LogP contribution in [-0.2, 0) is 45.9 Å². The Bertz CT molecular complexity index is 1050. The molecule has 2 aromatic carbocycles. The minimum atomic E-state index is -4.65. The summed E-state index contributed by atoms with van der Waals surface area (Å²) < 4.78 is 23.5. The van der Waals surface area contributed by atoms with Gasteiger partial charge in [0.05, 0.1) is 13.2 Å². The van der Waals surface area contributed by atoms with E-state index in [0.29, 0.717) is 11.1 Å². The monoisotopic (exact) mass is 599 g/mol. The Balaban J connectivity index is 0.00000612. The molecule has 2 aromatic rings. The molecule has 0 aromatic heterocycles. The molecule has 0 aliphatic carbocycles. The summed E-state index contributed by atoms with van der Waals surface area (Å²) in [4.78, 5) is 40.7. The molecule has 2 rings (SSSR count). The first-order chi connectivity index (χ1) is 15.8. The zero-order valence-corrected chi connectivity index (χ0v) is 24.5. The zero-order chi connectivity index (χ0) is 25.5. The van der Waals surface area contributed by atoms with Gasteiger partial charge in [0.2, 0.25) is 0 Å². The fourth-order valence-electron chi connectivity index (χ4n) is 3.52. The van der Waals surface area contributed by atoms with E-state index >= 15 is 0 Å². The van der Waals surface area contributed by atoms with Crippen molar-refractivity contribution in [2.75, 3.05) is 25.7 Å². The van der Waals surface area contributed by atoms with Gasteiger partial charge in [-0.2, -0.15) is 0 Å². The van der Waals surface area contributed by atoms with Crippen LogP contribution in [0.4, 0.5) is 0 Å². The van der Waals surface area contributed by atoms with Gasteiger partial charge in [-0.1, -0.05) is 24.3 Å². The van der Waals surface area contributed by atoms with Crippen molar-refractivity contribution in [1.82, 2.24) is 9.80 Å². The van der Waals surface area contributed by atoms with Gasteiger partial charge in [0.25, 0.3) is 0 Å². The number of aliphatic hydroxyl groups excluding tert-OH is 2. The summed E-state index contributed by atoms with van der Waals surface area (Å²) in [6, 6.07) is 9.41. The Labute approximate surface area is 241 Å². The first-order valence-corrected chi connectivity index (χ1v) is 13.8. The van der Waals surface area contributed by atoms with Gasteiger partial charge in [-0.15, -0.1) is 0 Å². The van der Waals surface area contributed by atoms with Gasteiger partial charge in [-0.3, -0.25) is 18.9 Å². The molecule has 0 bridgehead atoms. The minimum absolute atomic E-state index is 0. The van der Waals surface area contributed by atoms with Gasteiger partial charge < -0.3 is 40.0 Å².